The Bertz CT molecular complexity index is 1150. The molecule has 1 aliphatic heterocycles. The Balaban J connectivity index is 1.31. The molecular formula is C25H26N4O3. The van der Waals surface area contributed by atoms with Crippen LogP contribution in [0.25, 0.3) is 11.3 Å². The van der Waals surface area contributed by atoms with E-state index in [1.165, 1.54) is 4.90 Å². The zero-order valence-electron chi connectivity index (χ0n) is 18.2. The average Bonchev–Trinajstić information content (AvgIpc) is 3.38. The number of amides is 3. The molecule has 1 unspecified atom stereocenters. The number of fused-ring (bicyclic) bond motifs is 1. The fourth-order valence-electron chi connectivity index (χ4n) is 3.91. The van der Waals surface area contributed by atoms with Crippen molar-refractivity contribution in [2.24, 2.45) is 0 Å². The Hall–Kier alpha value is -3.74. The predicted octanol–water partition coefficient (Wildman–Crippen LogP) is 4.03. The van der Waals surface area contributed by atoms with Gasteiger partial charge in [-0.15, -0.1) is 0 Å². The van der Waals surface area contributed by atoms with E-state index in [-0.39, 0.29) is 36.7 Å². The van der Waals surface area contributed by atoms with Crippen molar-refractivity contribution in [3.8, 4) is 11.3 Å². The molecule has 164 valence electrons. The highest BCUT2D eigenvalue weighted by Gasteiger charge is 2.35. The number of imidazole rings is 1. The summed E-state index contributed by atoms with van der Waals surface area (Å²) in [7, 11) is 0. The first-order valence-corrected chi connectivity index (χ1v) is 10.8. The molecule has 0 radical (unpaired) electrons. The van der Waals surface area contributed by atoms with Gasteiger partial charge < -0.3 is 10.3 Å². The smallest absolute Gasteiger partial charge is 0.261 e. The van der Waals surface area contributed by atoms with Crippen molar-refractivity contribution in [3.63, 3.8) is 0 Å². The lowest BCUT2D eigenvalue weighted by Crippen LogP contribution is -2.33. The van der Waals surface area contributed by atoms with Crippen LogP contribution in [0, 0.1) is 6.92 Å². The molecule has 0 aliphatic carbocycles. The zero-order valence-corrected chi connectivity index (χ0v) is 18.2. The largest absolute Gasteiger partial charge is 0.346 e. The molecule has 1 aliphatic rings. The van der Waals surface area contributed by atoms with Gasteiger partial charge in [0.1, 0.15) is 5.82 Å². The molecule has 2 N–H and O–H groups in total. The number of nitrogens with zero attached hydrogens (tertiary/aromatic N) is 2. The van der Waals surface area contributed by atoms with Gasteiger partial charge in [0.25, 0.3) is 11.8 Å². The molecule has 2 heterocycles. The normalized spacial score (nSPS) is 13.9. The number of carbonyl (C=O) groups is 3. The summed E-state index contributed by atoms with van der Waals surface area (Å²) < 4.78 is 0. The van der Waals surface area contributed by atoms with E-state index in [4.69, 9.17) is 0 Å². The number of aromatic amines is 1. The van der Waals surface area contributed by atoms with Crippen molar-refractivity contribution in [3.05, 3.63) is 77.2 Å². The molecule has 0 saturated heterocycles. The number of rotatable bonds is 8. The van der Waals surface area contributed by atoms with Crippen LogP contribution < -0.4 is 5.32 Å². The van der Waals surface area contributed by atoms with E-state index in [0.717, 1.165) is 16.8 Å². The minimum Gasteiger partial charge on any atom is -0.346 e. The predicted molar refractivity (Wildman–Crippen MR) is 121 cm³/mol. The molecule has 32 heavy (non-hydrogen) atoms. The molecule has 4 rings (SSSR count). The summed E-state index contributed by atoms with van der Waals surface area (Å²) in [6.07, 6.45) is 3.07. The molecule has 1 aromatic heterocycles. The highest BCUT2D eigenvalue weighted by atomic mass is 16.2. The van der Waals surface area contributed by atoms with Gasteiger partial charge >= 0.3 is 0 Å². The molecule has 7 heteroatoms. The maximum Gasteiger partial charge on any atom is 0.261 e. The van der Waals surface area contributed by atoms with Crippen LogP contribution in [-0.2, 0) is 4.79 Å². The Morgan fingerprint density at radius 3 is 2.59 bits per heavy atom. The maximum absolute atomic E-state index is 12.6. The number of aryl methyl sites for hydroxylation is 1. The van der Waals surface area contributed by atoms with E-state index in [9.17, 15) is 14.4 Å². The van der Waals surface area contributed by atoms with Gasteiger partial charge in [-0.25, -0.2) is 4.98 Å². The lowest BCUT2D eigenvalue weighted by atomic mass is 10.1. The molecule has 3 amide bonds. The highest BCUT2D eigenvalue weighted by molar-refractivity contribution is 6.21. The van der Waals surface area contributed by atoms with Crippen molar-refractivity contribution >= 4 is 17.7 Å². The number of carbonyl (C=O) groups excluding carboxylic acids is 3. The Labute approximate surface area is 186 Å². The third kappa shape index (κ3) is 4.32. The summed E-state index contributed by atoms with van der Waals surface area (Å²) in [6, 6.07) is 14.9. The van der Waals surface area contributed by atoms with E-state index in [2.05, 4.69) is 15.3 Å². The Kier molecular flexibility index (Phi) is 6.16. The first-order valence-electron chi connectivity index (χ1n) is 10.8. The first kappa shape index (κ1) is 21.5. The summed E-state index contributed by atoms with van der Waals surface area (Å²) in [6.45, 7) is 4.09. The van der Waals surface area contributed by atoms with Crippen LogP contribution >= 0.6 is 0 Å². The zero-order chi connectivity index (χ0) is 22.7. The van der Waals surface area contributed by atoms with Gasteiger partial charge in [0.05, 0.1) is 29.1 Å². The molecular weight excluding hydrogens is 404 g/mol. The van der Waals surface area contributed by atoms with E-state index in [1.807, 2.05) is 50.2 Å². The van der Waals surface area contributed by atoms with Crippen molar-refractivity contribution < 1.29 is 14.4 Å². The number of aromatic nitrogens is 2. The fraction of sp³-hybridized carbons (Fsp3) is 0.280. The van der Waals surface area contributed by atoms with Crippen LogP contribution in [0.15, 0.2) is 54.7 Å². The lowest BCUT2D eigenvalue weighted by Gasteiger charge is -2.16. The Morgan fingerprint density at radius 1 is 1.09 bits per heavy atom. The lowest BCUT2D eigenvalue weighted by molar-refractivity contribution is -0.122. The summed E-state index contributed by atoms with van der Waals surface area (Å²) >= 11 is 0. The summed E-state index contributed by atoms with van der Waals surface area (Å²) in [5.74, 6) is -0.0113. The molecule has 2 aromatic carbocycles. The van der Waals surface area contributed by atoms with E-state index >= 15 is 0 Å². The first-order chi connectivity index (χ1) is 15.5. The van der Waals surface area contributed by atoms with Gasteiger partial charge in [-0.05, 0) is 37.5 Å². The second-order valence-corrected chi connectivity index (χ2v) is 7.99. The summed E-state index contributed by atoms with van der Waals surface area (Å²) in [4.78, 5) is 46.6. The Morgan fingerprint density at radius 2 is 1.84 bits per heavy atom. The second kappa shape index (κ2) is 9.18. The molecule has 3 aromatic rings. The average molecular weight is 431 g/mol. The number of H-pyrrole nitrogens is 1. The van der Waals surface area contributed by atoms with E-state index in [0.29, 0.717) is 29.8 Å². The number of benzene rings is 2. The molecule has 0 spiro atoms. The third-order valence-electron chi connectivity index (χ3n) is 5.67. The number of imide groups is 1. The third-order valence-corrected chi connectivity index (χ3v) is 5.67. The summed E-state index contributed by atoms with van der Waals surface area (Å²) in [5, 5.41) is 3.00. The number of nitrogens with one attached hydrogen (secondary N) is 2. The van der Waals surface area contributed by atoms with Crippen LogP contribution in [0.1, 0.15) is 64.3 Å². The van der Waals surface area contributed by atoms with Crippen molar-refractivity contribution in [1.82, 2.24) is 20.2 Å². The van der Waals surface area contributed by atoms with Crippen LogP contribution in [0.4, 0.5) is 0 Å². The van der Waals surface area contributed by atoms with Crippen molar-refractivity contribution in [2.45, 2.75) is 39.2 Å². The number of hydrogen-bond acceptors (Lipinski definition) is 4. The minimum absolute atomic E-state index is 0.137. The van der Waals surface area contributed by atoms with Crippen molar-refractivity contribution in [2.75, 3.05) is 6.54 Å². The second-order valence-electron chi connectivity index (χ2n) is 7.99. The highest BCUT2D eigenvalue weighted by Crippen LogP contribution is 2.24. The minimum atomic E-state index is -0.291. The molecule has 1 atom stereocenters. The van der Waals surface area contributed by atoms with Crippen molar-refractivity contribution in [1.29, 1.82) is 0 Å². The van der Waals surface area contributed by atoms with Gasteiger partial charge in [-0.1, -0.05) is 48.9 Å². The van der Waals surface area contributed by atoms with Gasteiger partial charge in [0.15, 0.2) is 0 Å². The molecule has 7 nitrogen and oxygen atoms in total. The molecule has 0 fully saturated rings. The molecule has 0 bridgehead atoms. The monoisotopic (exact) mass is 430 g/mol. The topological polar surface area (TPSA) is 95.2 Å². The maximum atomic E-state index is 12.6. The fourth-order valence-corrected chi connectivity index (χ4v) is 3.91. The van der Waals surface area contributed by atoms with Gasteiger partial charge in [0, 0.05) is 13.0 Å². The van der Waals surface area contributed by atoms with E-state index in [1.54, 1.807) is 18.3 Å². The molecule has 0 saturated carbocycles. The van der Waals surface area contributed by atoms with Gasteiger partial charge in [-0.3, -0.25) is 19.3 Å². The standard InChI is InChI=1S/C25H26N4O3/c1-3-20(23-26-15-21(28-23)17-8-5-4-6-9-17)27-22(30)10-7-13-29-24(31)18-12-11-16(2)14-19(18)25(29)32/h4-6,8-9,11-12,14-15,20H,3,7,10,13H2,1-2H3,(H,26,28)(H,27,30). The van der Waals surface area contributed by atoms with Gasteiger partial charge in [0.2, 0.25) is 5.91 Å². The van der Waals surface area contributed by atoms with Crippen LogP contribution in [-0.4, -0.2) is 39.1 Å². The summed E-state index contributed by atoms with van der Waals surface area (Å²) in [5.41, 5.74) is 3.74. The number of hydrogen-bond donors (Lipinski definition) is 2. The van der Waals surface area contributed by atoms with Crippen LogP contribution in [0.5, 0.6) is 0 Å². The van der Waals surface area contributed by atoms with E-state index < -0.39 is 0 Å². The SMILES string of the molecule is CCC(NC(=O)CCCN1C(=O)c2ccc(C)cc2C1=O)c1ncc(-c2ccccc2)[nH]1. The van der Waals surface area contributed by atoms with Crippen LogP contribution in [0.2, 0.25) is 0 Å². The van der Waals surface area contributed by atoms with Gasteiger partial charge in [-0.2, -0.15) is 0 Å². The van der Waals surface area contributed by atoms with Crippen LogP contribution in [0.3, 0.4) is 0 Å². The quantitative estimate of drug-likeness (QED) is 0.528.